The molecule has 10 heteroatoms. The van der Waals surface area contributed by atoms with E-state index >= 15 is 0 Å². The van der Waals surface area contributed by atoms with Gasteiger partial charge >= 0.3 is 5.97 Å². The van der Waals surface area contributed by atoms with E-state index in [1.54, 1.807) is 18.5 Å². The highest BCUT2D eigenvalue weighted by Gasteiger charge is 2.33. The number of carboxylic acids is 1. The molecule has 2 saturated carbocycles. The minimum Gasteiger partial charge on any atom is -0.490 e. The number of aromatic nitrogens is 3. The Labute approximate surface area is 240 Å². The minimum absolute atomic E-state index is 0.00302. The van der Waals surface area contributed by atoms with Crippen LogP contribution in [-0.4, -0.2) is 45.4 Å². The first-order valence-corrected chi connectivity index (χ1v) is 14.3. The molecule has 1 saturated heterocycles. The summed E-state index contributed by atoms with van der Waals surface area (Å²) in [5.41, 5.74) is 3.89. The quantitative estimate of drug-likeness (QED) is 0.234. The summed E-state index contributed by atoms with van der Waals surface area (Å²) in [4.78, 5) is 22.3. The summed E-state index contributed by atoms with van der Waals surface area (Å²) in [5.74, 6) is 1.13. The highest BCUT2D eigenvalue weighted by atomic mass is 35.5. The maximum Gasteiger partial charge on any atom is 0.354 e. The van der Waals surface area contributed by atoms with Crippen LogP contribution in [0.4, 0.5) is 5.69 Å². The van der Waals surface area contributed by atoms with Crippen molar-refractivity contribution in [1.29, 1.82) is 0 Å². The van der Waals surface area contributed by atoms with Gasteiger partial charge in [-0.1, -0.05) is 40.5 Å². The van der Waals surface area contributed by atoms with E-state index in [2.05, 4.69) is 38.2 Å². The molecule has 3 aromatic heterocycles. The van der Waals surface area contributed by atoms with Crippen LogP contribution >= 0.6 is 23.2 Å². The van der Waals surface area contributed by atoms with Crippen molar-refractivity contribution in [1.82, 2.24) is 15.1 Å². The Morgan fingerprint density at radius 3 is 2.55 bits per heavy atom. The Balaban J connectivity index is 1.12. The topological polar surface area (TPSA) is 102 Å². The average molecular weight is 577 g/mol. The number of nitrogens with zero attached hydrogens (tertiary/aromatic N) is 4. The van der Waals surface area contributed by atoms with Crippen molar-refractivity contribution >= 4 is 51.8 Å². The van der Waals surface area contributed by atoms with Gasteiger partial charge in [0.25, 0.3) is 0 Å². The molecule has 0 unspecified atom stereocenters. The SMILES string of the molecule is O=C(O)c1cc(OC2CCC2)c2cc(N3CC(/C=C/c4c(-c5c(Cl)cncc5Cl)noc4C4CC4)C3)ccc2n1. The lowest BCUT2D eigenvalue weighted by Gasteiger charge is -2.40. The molecule has 3 aliphatic rings. The molecule has 1 aromatic carbocycles. The monoisotopic (exact) mass is 576 g/mol. The van der Waals surface area contributed by atoms with E-state index in [0.29, 0.717) is 44.4 Å². The second-order valence-corrected chi connectivity index (χ2v) is 11.6. The van der Waals surface area contributed by atoms with Crippen LogP contribution in [0.3, 0.4) is 0 Å². The first kappa shape index (κ1) is 25.4. The molecule has 0 radical (unpaired) electrons. The lowest BCUT2D eigenvalue weighted by atomic mass is 9.95. The van der Waals surface area contributed by atoms with Crippen LogP contribution in [0, 0.1) is 5.92 Å². The van der Waals surface area contributed by atoms with E-state index in [0.717, 1.165) is 67.6 Å². The number of carbonyl (C=O) groups is 1. The van der Waals surface area contributed by atoms with Crippen molar-refractivity contribution in [2.75, 3.05) is 18.0 Å². The van der Waals surface area contributed by atoms with E-state index in [1.165, 1.54) is 0 Å². The molecule has 0 bridgehead atoms. The van der Waals surface area contributed by atoms with Gasteiger partial charge in [0, 0.05) is 65.6 Å². The summed E-state index contributed by atoms with van der Waals surface area (Å²) in [7, 11) is 0. The van der Waals surface area contributed by atoms with Crippen LogP contribution in [0.2, 0.25) is 10.0 Å². The normalized spacial score (nSPS) is 17.8. The van der Waals surface area contributed by atoms with Crippen LogP contribution in [0.1, 0.15) is 59.8 Å². The van der Waals surface area contributed by atoms with Gasteiger partial charge in [0.2, 0.25) is 0 Å². The van der Waals surface area contributed by atoms with E-state index in [9.17, 15) is 9.90 Å². The molecular formula is C30H26Cl2N4O4. The Morgan fingerprint density at radius 2 is 1.88 bits per heavy atom. The van der Waals surface area contributed by atoms with Crippen molar-refractivity contribution in [2.45, 2.75) is 44.1 Å². The zero-order valence-corrected chi connectivity index (χ0v) is 23.0. The molecular weight excluding hydrogens is 551 g/mol. The number of hydrogen-bond donors (Lipinski definition) is 1. The lowest BCUT2D eigenvalue weighted by Crippen LogP contribution is -2.45. The number of aromatic carboxylic acids is 1. The Bertz CT molecular complexity index is 1630. The van der Waals surface area contributed by atoms with Gasteiger partial charge in [0.1, 0.15) is 17.2 Å². The average Bonchev–Trinajstić information content (AvgIpc) is 3.65. The van der Waals surface area contributed by atoms with E-state index < -0.39 is 5.97 Å². The van der Waals surface area contributed by atoms with Gasteiger partial charge in [-0.25, -0.2) is 9.78 Å². The van der Waals surface area contributed by atoms with Crippen molar-refractivity contribution in [3.8, 4) is 17.0 Å². The summed E-state index contributed by atoms with van der Waals surface area (Å²) in [6.07, 6.45) is 12.8. The first-order chi connectivity index (χ1) is 19.4. The second-order valence-electron chi connectivity index (χ2n) is 10.8. The number of halogens is 2. The number of ether oxygens (including phenoxy) is 1. The summed E-state index contributed by atoms with van der Waals surface area (Å²) in [6, 6.07) is 7.47. The highest BCUT2D eigenvalue weighted by Crippen LogP contribution is 2.46. The molecule has 1 N–H and O–H groups in total. The highest BCUT2D eigenvalue weighted by molar-refractivity contribution is 6.39. The molecule has 0 spiro atoms. The predicted octanol–water partition coefficient (Wildman–Crippen LogP) is 7.25. The van der Waals surface area contributed by atoms with Gasteiger partial charge < -0.3 is 19.3 Å². The summed E-state index contributed by atoms with van der Waals surface area (Å²) < 4.78 is 11.9. The van der Waals surface area contributed by atoms with Crippen molar-refractivity contribution < 1.29 is 19.2 Å². The van der Waals surface area contributed by atoms with E-state index in [1.807, 2.05) is 12.1 Å². The van der Waals surface area contributed by atoms with Gasteiger partial charge in [-0.15, -0.1) is 0 Å². The Morgan fingerprint density at radius 1 is 1.10 bits per heavy atom. The third-order valence-electron chi connectivity index (χ3n) is 7.92. The molecule has 8 nitrogen and oxygen atoms in total. The maximum atomic E-state index is 11.6. The first-order valence-electron chi connectivity index (χ1n) is 13.5. The van der Waals surface area contributed by atoms with E-state index in [-0.39, 0.29) is 11.8 Å². The lowest BCUT2D eigenvalue weighted by molar-refractivity contribution is 0.0689. The predicted molar refractivity (Wildman–Crippen MR) is 153 cm³/mol. The minimum atomic E-state index is -1.06. The summed E-state index contributed by atoms with van der Waals surface area (Å²) in [6.45, 7) is 1.69. The zero-order chi connectivity index (χ0) is 27.4. The Hall–Kier alpha value is -3.62. The van der Waals surface area contributed by atoms with Crippen molar-refractivity contribution in [2.24, 2.45) is 5.92 Å². The molecule has 3 fully saturated rings. The molecule has 1 aliphatic heterocycles. The maximum absolute atomic E-state index is 11.6. The number of anilines is 1. The van der Waals surface area contributed by atoms with Crippen LogP contribution in [0.25, 0.3) is 28.2 Å². The van der Waals surface area contributed by atoms with Crippen LogP contribution in [-0.2, 0) is 0 Å². The molecule has 4 aromatic rings. The number of pyridine rings is 2. The fourth-order valence-corrected chi connectivity index (χ4v) is 5.80. The molecule has 0 amide bonds. The number of benzene rings is 1. The molecule has 4 heterocycles. The van der Waals surface area contributed by atoms with Gasteiger partial charge in [0.15, 0.2) is 5.69 Å². The third kappa shape index (κ3) is 4.69. The second kappa shape index (κ2) is 10.1. The molecule has 204 valence electrons. The van der Waals surface area contributed by atoms with Gasteiger partial charge in [-0.05, 0) is 50.3 Å². The van der Waals surface area contributed by atoms with Crippen LogP contribution in [0.5, 0.6) is 5.75 Å². The number of rotatable bonds is 8. The molecule has 40 heavy (non-hydrogen) atoms. The summed E-state index contributed by atoms with van der Waals surface area (Å²) in [5, 5.41) is 15.6. The van der Waals surface area contributed by atoms with Gasteiger partial charge in [-0.2, -0.15) is 0 Å². The van der Waals surface area contributed by atoms with Gasteiger partial charge in [0.05, 0.1) is 21.7 Å². The number of carboxylic acid groups (broad SMARTS) is 1. The molecule has 2 aliphatic carbocycles. The van der Waals surface area contributed by atoms with E-state index in [4.69, 9.17) is 32.5 Å². The smallest absolute Gasteiger partial charge is 0.354 e. The molecule has 0 atom stereocenters. The number of fused-ring (bicyclic) bond motifs is 1. The zero-order valence-electron chi connectivity index (χ0n) is 21.5. The van der Waals surface area contributed by atoms with Gasteiger partial charge in [-0.3, -0.25) is 4.98 Å². The largest absolute Gasteiger partial charge is 0.490 e. The fraction of sp³-hybridized carbons (Fsp3) is 0.333. The van der Waals surface area contributed by atoms with Crippen molar-refractivity contribution in [3.63, 3.8) is 0 Å². The van der Waals surface area contributed by atoms with Crippen LogP contribution in [0.15, 0.2) is 47.3 Å². The number of hydrogen-bond acceptors (Lipinski definition) is 7. The summed E-state index contributed by atoms with van der Waals surface area (Å²) >= 11 is 12.9. The Kier molecular flexibility index (Phi) is 6.40. The standard InChI is InChI=1S/C30H26Cl2N4O4/c31-22-12-33-13-23(32)27(22)28-20(29(40-35-28)17-5-6-17)8-4-16-14-36(15-16)18-7-9-24-21(10-18)26(39-19-2-1-3-19)11-25(34-24)30(37)38/h4,7-13,16-17,19H,1-3,5-6,14-15H2,(H,37,38)/b8-4+. The van der Waals surface area contributed by atoms with Crippen LogP contribution < -0.4 is 9.64 Å². The fourth-order valence-electron chi connectivity index (χ4n) is 5.26. The molecule has 7 rings (SSSR count). The van der Waals surface area contributed by atoms with Crippen molar-refractivity contribution in [3.05, 3.63) is 69.8 Å². The third-order valence-corrected chi connectivity index (χ3v) is 8.50.